The van der Waals surface area contributed by atoms with E-state index in [0.29, 0.717) is 5.56 Å². The monoisotopic (exact) mass is 287 g/mol. The summed E-state index contributed by atoms with van der Waals surface area (Å²) >= 11 is 0. The van der Waals surface area contributed by atoms with Crippen molar-refractivity contribution in [1.29, 1.82) is 0 Å². The summed E-state index contributed by atoms with van der Waals surface area (Å²) in [6, 6.07) is 10.7. The van der Waals surface area contributed by atoms with Gasteiger partial charge in [-0.1, -0.05) is 23.8 Å². The first kappa shape index (κ1) is 14.8. The molecule has 6 nitrogen and oxygen atoms in total. The van der Waals surface area contributed by atoms with Gasteiger partial charge in [0.1, 0.15) is 18.0 Å². The maximum absolute atomic E-state index is 11.0. The highest BCUT2D eigenvalue weighted by atomic mass is 16.6. The van der Waals surface area contributed by atoms with Crippen molar-refractivity contribution in [3.63, 3.8) is 0 Å². The lowest BCUT2D eigenvalue weighted by atomic mass is 10.1. The van der Waals surface area contributed by atoms with Crippen LogP contribution in [0.15, 0.2) is 36.4 Å². The highest BCUT2D eigenvalue weighted by Gasteiger charge is 2.14. The molecule has 0 saturated heterocycles. The van der Waals surface area contributed by atoms with E-state index < -0.39 is 4.92 Å². The second-order valence-electron chi connectivity index (χ2n) is 4.81. The Morgan fingerprint density at radius 3 is 2.62 bits per heavy atom. The molecule has 0 aliphatic rings. The van der Waals surface area contributed by atoms with E-state index in [1.54, 1.807) is 12.1 Å². The third-order valence-corrected chi connectivity index (χ3v) is 3.14. The number of nitrogens with one attached hydrogen (secondary N) is 1. The third kappa shape index (κ3) is 3.49. The van der Waals surface area contributed by atoms with Gasteiger partial charge in [-0.3, -0.25) is 16.0 Å². The first-order valence-corrected chi connectivity index (χ1v) is 6.45. The van der Waals surface area contributed by atoms with Gasteiger partial charge < -0.3 is 10.2 Å². The number of hydrogen-bond acceptors (Lipinski definition) is 5. The predicted octanol–water partition coefficient (Wildman–Crippen LogP) is 3.08. The zero-order chi connectivity index (χ0) is 15.4. The number of ether oxygens (including phenoxy) is 1. The summed E-state index contributed by atoms with van der Waals surface area (Å²) in [4.78, 5) is 10.5. The summed E-state index contributed by atoms with van der Waals surface area (Å²) in [5, 5.41) is 11.0. The summed E-state index contributed by atoms with van der Waals surface area (Å²) < 4.78 is 5.71. The Morgan fingerprint density at radius 2 is 2.00 bits per heavy atom. The van der Waals surface area contributed by atoms with E-state index in [0.717, 1.165) is 16.9 Å². The van der Waals surface area contributed by atoms with Crippen LogP contribution in [0.2, 0.25) is 0 Å². The molecule has 3 N–H and O–H groups in total. The Kier molecular flexibility index (Phi) is 4.39. The SMILES string of the molecule is Cc1ccc(OCc2ccc(NN)c([N+](=O)[O-])c2)c(C)c1. The van der Waals surface area contributed by atoms with Crippen LogP contribution in [0.3, 0.4) is 0 Å². The molecule has 0 bridgehead atoms. The van der Waals surface area contributed by atoms with Crippen molar-refractivity contribution in [3.05, 3.63) is 63.2 Å². The largest absolute Gasteiger partial charge is 0.489 e. The van der Waals surface area contributed by atoms with Crippen molar-refractivity contribution in [2.75, 3.05) is 5.43 Å². The Balaban J connectivity index is 2.16. The number of nitro groups is 1. The molecule has 2 aromatic carbocycles. The van der Waals surface area contributed by atoms with E-state index in [1.165, 1.54) is 6.07 Å². The fraction of sp³-hybridized carbons (Fsp3) is 0.200. The lowest BCUT2D eigenvalue weighted by molar-refractivity contribution is -0.384. The zero-order valence-corrected chi connectivity index (χ0v) is 11.9. The number of nitrogens with two attached hydrogens (primary N) is 1. The number of nitrogen functional groups attached to an aromatic ring is 1. The summed E-state index contributed by atoms with van der Waals surface area (Å²) in [6.45, 7) is 4.24. The quantitative estimate of drug-likeness (QED) is 0.501. The Hall–Kier alpha value is -2.60. The smallest absolute Gasteiger partial charge is 0.294 e. The molecule has 0 spiro atoms. The Labute approximate surface area is 122 Å². The molecule has 0 unspecified atom stereocenters. The molecular formula is C15H17N3O3. The van der Waals surface area contributed by atoms with Gasteiger partial charge in [-0.2, -0.15) is 0 Å². The van der Waals surface area contributed by atoms with Gasteiger partial charge >= 0.3 is 0 Å². The average Bonchev–Trinajstić information content (AvgIpc) is 2.46. The van der Waals surface area contributed by atoms with Gasteiger partial charge in [0.2, 0.25) is 0 Å². The average molecular weight is 287 g/mol. The van der Waals surface area contributed by atoms with Crippen LogP contribution in [0.4, 0.5) is 11.4 Å². The van der Waals surface area contributed by atoms with E-state index in [1.807, 2.05) is 32.0 Å². The van der Waals surface area contributed by atoms with Gasteiger partial charge in [-0.05, 0) is 37.1 Å². The molecule has 0 fully saturated rings. The molecule has 2 rings (SSSR count). The molecule has 6 heteroatoms. The van der Waals surface area contributed by atoms with E-state index in [-0.39, 0.29) is 18.0 Å². The van der Waals surface area contributed by atoms with Crippen molar-refractivity contribution in [1.82, 2.24) is 0 Å². The van der Waals surface area contributed by atoms with E-state index in [2.05, 4.69) is 5.43 Å². The summed E-state index contributed by atoms with van der Waals surface area (Å²) in [5.41, 5.74) is 5.42. The molecule has 0 radical (unpaired) electrons. The van der Waals surface area contributed by atoms with Crippen molar-refractivity contribution < 1.29 is 9.66 Å². The summed E-state index contributed by atoms with van der Waals surface area (Å²) in [7, 11) is 0. The number of hydrazine groups is 1. The molecule has 0 aliphatic heterocycles. The number of aryl methyl sites for hydroxylation is 2. The molecule has 110 valence electrons. The molecular weight excluding hydrogens is 270 g/mol. The summed E-state index contributed by atoms with van der Waals surface area (Å²) in [6.07, 6.45) is 0. The van der Waals surface area contributed by atoms with E-state index in [9.17, 15) is 10.1 Å². The minimum Gasteiger partial charge on any atom is -0.489 e. The van der Waals surface area contributed by atoms with Crippen LogP contribution < -0.4 is 16.0 Å². The highest BCUT2D eigenvalue weighted by Crippen LogP contribution is 2.26. The molecule has 0 aromatic heterocycles. The second kappa shape index (κ2) is 6.23. The molecule has 2 aromatic rings. The number of rotatable bonds is 5. The second-order valence-corrected chi connectivity index (χ2v) is 4.81. The number of benzene rings is 2. The van der Waals surface area contributed by atoms with Crippen LogP contribution in [0.25, 0.3) is 0 Å². The zero-order valence-electron chi connectivity index (χ0n) is 11.9. The number of nitro benzene ring substituents is 1. The topological polar surface area (TPSA) is 90.4 Å². The van der Waals surface area contributed by atoms with Gasteiger partial charge in [0.05, 0.1) is 4.92 Å². The van der Waals surface area contributed by atoms with E-state index in [4.69, 9.17) is 10.6 Å². The van der Waals surface area contributed by atoms with Gasteiger partial charge in [-0.25, -0.2) is 0 Å². The van der Waals surface area contributed by atoms with Crippen LogP contribution >= 0.6 is 0 Å². The fourth-order valence-electron chi connectivity index (χ4n) is 2.06. The predicted molar refractivity (Wildman–Crippen MR) is 81.2 cm³/mol. The summed E-state index contributed by atoms with van der Waals surface area (Å²) in [5.74, 6) is 6.02. The Bertz CT molecular complexity index is 671. The third-order valence-electron chi connectivity index (χ3n) is 3.14. The molecule has 0 saturated carbocycles. The molecule has 0 aliphatic carbocycles. The lowest BCUT2D eigenvalue weighted by Crippen LogP contribution is -2.09. The van der Waals surface area contributed by atoms with Crippen molar-refractivity contribution >= 4 is 11.4 Å². The van der Waals surface area contributed by atoms with Crippen molar-refractivity contribution in [3.8, 4) is 5.75 Å². The van der Waals surface area contributed by atoms with Crippen LogP contribution in [-0.4, -0.2) is 4.92 Å². The highest BCUT2D eigenvalue weighted by molar-refractivity contribution is 5.61. The number of anilines is 1. The minimum atomic E-state index is -0.476. The first-order valence-electron chi connectivity index (χ1n) is 6.45. The van der Waals surface area contributed by atoms with Crippen molar-refractivity contribution in [2.45, 2.75) is 20.5 Å². The van der Waals surface area contributed by atoms with Crippen LogP contribution in [0, 0.1) is 24.0 Å². The Morgan fingerprint density at radius 1 is 1.24 bits per heavy atom. The lowest BCUT2D eigenvalue weighted by Gasteiger charge is -2.10. The normalized spacial score (nSPS) is 10.2. The fourth-order valence-corrected chi connectivity index (χ4v) is 2.06. The minimum absolute atomic E-state index is 0.0702. The van der Waals surface area contributed by atoms with Gasteiger partial charge in [0.15, 0.2) is 0 Å². The van der Waals surface area contributed by atoms with E-state index >= 15 is 0 Å². The maximum Gasteiger partial charge on any atom is 0.294 e. The van der Waals surface area contributed by atoms with Gasteiger partial charge in [0.25, 0.3) is 5.69 Å². The number of hydrogen-bond donors (Lipinski definition) is 2. The van der Waals surface area contributed by atoms with Crippen LogP contribution in [0.5, 0.6) is 5.75 Å². The van der Waals surface area contributed by atoms with Crippen LogP contribution in [0.1, 0.15) is 16.7 Å². The van der Waals surface area contributed by atoms with Gasteiger partial charge in [0, 0.05) is 6.07 Å². The molecule has 0 amide bonds. The molecule has 0 heterocycles. The van der Waals surface area contributed by atoms with Crippen molar-refractivity contribution in [2.24, 2.45) is 5.84 Å². The number of nitrogens with zero attached hydrogens (tertiary/aromatic N) is 1. The maximum atomic E-state index is 11.0. The van der Waals surface area contributed by atoms with Gasteiger partial charge in [-0.15, -0.1) is 0 Å². The molecule has 21 heavy (non-hydrogen) atoms. The standard InChI is InChI=1S/C15H17N3O3/c1-10-3-6-15(11(2)7-10)21-9-12-4-5-13(17-16)14(8-12)18(19)20/h3-8,17H,9,16H2,1-2H3. The van der Waals surface area contributed by atoms with Crippen LogP contribution in [-0.2, 0) is 6.61 Å². The first-order chi connectivity index (χ1) is 10.0. The molecule has 0 atom stereocenters.